The molecule has 4 aromatic heterocycles. The summed E-state index contributed by atoms with van der Waals surface area (Å²) in [4.78, 5) is 19.9. The van der Waals surface area contributed by atoms with Crippen molar-refractivity contribution in [2.24, 2.45) is 5.73 Å². The number of hydrogen-bond acceptors (Lipinski definition) is 5. The molecule has 0 atom stereocenters. The number of hydrogen-bond donors (Lipinski definition) is 2. The van der Waals surface area contributed by atoms with E-state index in [1.54, 1.807) is 12.4 Å². The number of imidazole rings is 2. The van der Waals surface area contributed by atoms with Crippen molar-refractivity contribution in [1.29, 1.82) is 0 Å². The fraction of sp³-hybridized carbons (Fsp3) is 0.286. The molecule has 4 aromatic rings. The molecular weight excluding hydrogens is 404 g/mol. The van der Waals surface area contributed by atoms with Crippen LogP contribution in [-0.4, -0.2) is 30.5 Å². The number of pyridine rings is 2. The van der Waals surface area contributed by atoms with Gasteiger partial charge in [0.05, 0.1) is 6.54 Å². The summed E-state index contributed by atoms with van der Waals surface area (Å²) in [5, 5.41) is 2.73. The van der Waals surface area contributed by atoms with Gasteiger partial charge in [-0.1, -0.05) is 12.1 Å². The van der Waals surface area contributed by atoms with Gasteiger partial charge in [-0.25, -0.2) is 14.8 Å². The lowest BCUT2D eigenvalue weighted by atomic mass is 10.2. The van der Waals surface area contributed by atoms with Crippen LogP contribution >= 0.6 is 12.4 Å². The van der Waals surface area contributed by atoms with E-state index in [1.165, 1.54) is 0 Å². The third-order valence-electron chi connectivity index (χ3n) is 4.05. The monoisotopic (exact) mass is 430 g/mol. The zero-order valence-corrected chi connectivity index (χ0v) is 18.1. The first kappa shape index (κ1) is 23.2. The van der Waals surface area contributed by atoms with E-state index in [0.29, 0.717) is 13.1 Å². The summed E-state index contributed by atoms with van der Waals surface area (Å²) < 4.78 is 9.09. The van der Waals surface area contributed by atoms with Crippen LogP contribution in [-0.2, 0) is 17.8 Å². The van der Waals surface area contributed by atoms with Crippen molar-refractivity contribution in [3.8, 4) is 0 Å². The average molecular weight is 431 g/mol. The van der Waals surface area contributed by atoms with Crippen molar-refractivity contribution in [2.45, 2.75) is 39.5 Å². The van der Waals surface area contributed by atoms with Crippen LogP contribution in [0, 0.1) is 0 Å². The van der Waals surface area contributed by atoms with Crippen molar-refractivity contribution >= 4 is 29.8 Å². The number of carbonyl (C=O) groups is 1. The number of carbonyl (C=O) groups excluding carboxylic acids is 1. The first-order valence-corrected chi connectivity index (χ1v) is 9.36. The molecule has 0 saturated carbocycles. The summed E-state index contributed by atoms with van der Waals surface area (Å²) in [6, 6.07) is 11.7. The van der Waals surface area contributed by atoms with Gasteiger partial charge in [0.25, 0.3) is 0 Å². The second-order valence-corrected chi connectivity index (χ2v) is 7.40. The molecule has 8 nitrogen and oxygen atoms in total. The molecule has 0 fully saturated rings. The number of amides is 1. The van der Waals surface area contributed by atoms with Crippen LogP contribution in [0.1, 0.15) is 32.2 Å². The van der Waals surface area contributed by atoms with Crippen LogP contribution < -0.4 is 11.1 Å². The molecule has 0 bridgehead atoms. The van der Waals surface area contributed by atoms with Crippen LogP contribution in [0.4, 0.5) is 4.79 Å². The third kappa shape index (κ3) is 5.95. The maximum Gasteiger partial charge on any atom is 0.407 e. The van der Waals surface area contributed by atoms with Crippen LogP contribution in [0.5, 0.6) is 0 Å². The molecule has 0 aliphatic heterocycles. The van der Waals surface area contributed by atoms with Gasteiger partial charge in [-0.05, 0) is 45.0 Å². The van der Waals surface area contributed by atoms with Crippen molar-refractivity contribution in [1.82, 2.24) is 24.1 Å². The summed E-state index contributed by atoms with van der Waals surface area (Å²) >= 11 is 0. The number of alkyl carbamates (subject to hydrolysis) is 1. The summed E-state index contributed by atoms with van der Waals surface area (Å²) in [6.07, 6.45) is 6.86. The molecule has 30 heavy (non-hydrogen) atoms. The highest BCUT2D eigenvalue weighted by atomic mass is 35.5. The highest BCUT2D eigenvalue weighted by Gasteiger charge is 2.15. The Hall–Kier alpha value is -3.10. The molecule has 0 aliphatic carbocycles. The standard InChI is InChI=1S/C13H17N3O2.C8H9N3.ClH/c1-13(2,3)18-12(17)15-9-10-5-4-6-11-14-7-8-16(10)11;9-6-7-2-1-3-8-10-4-5-11(7)8;/h4-8H,9H2,1-3H3,(H,15,17);1-5H,6,9H2;1H. The summed E-state index contributed by atoms with van der Waals surface area (Å²) in [5.41, 5.74) is 8.89. The van der Waals surface area contributed by atoms with Crippen molar-refractivity contribution in [3.05, 3.63) is 72.6 Å². The zero-order valence-electron chi connectivity index (χ0n) is 17.3. The summed E-state index contributed by atoms with van der Waals surface area (Å²) in [7, 11) is 0. The number of nitrogens with two attached hydrogens (primary N) is 1. The van der Waals surface area contributed by atoms with E-state index in [-0.39, 0.29) is 12.4 Å². The molecule has 1 amide bonds. The number of fused-ring (bicyclic) bond motifs is 2. The van der Waals surface area contributed by atoms with E-state index in [2.05, 4.69) is 15.3 Å². The molecule has 0 unspecified atom stereocenters. The molecule has 160 valence electrons. The molecule has 4 heterocycles. The quantitative estimate of drug-likeness (QED) is 0.517. The van der Waals surface area contributed by atoms with Gasteiger partial charge in [0.2, 0.25) is 0 Å². The zero-order chi connectivity index (χ0) is 20.9. The Balaban J connectivity index is 0.000000229. The van der Waals surface area contributed by atoms with Crippen molar-refractivity contribution in [2.75, 3.05) is 0 Å². The second-order valence-electron chi connectivity index (χ2n) is 7.40. The second kappa shape index (κ2) is 10.1. The molecule has 0 spiro atoms. The number of rotatable bonds is 3. The highest BCUT2D eigenvalue weighted by molar-refractivity contribution is 5.85. The Morgan fingerprint density at radius 2 is 1.53 bits per heavy atom. The Bertz CT molecular complexity index is 1100. The molecule has 4 rings (SSSR count). The van der Waals surface area contributed by atoms with E-state index in [9.17, 15) is 4.79 Å². The number of aromatic nitrogens is 4. The van der Waals surface area contributed by atoms with Crippen molar-refractivity contribution < 1.29 is 9.53 Å². The first-order valence-electron chi connectivity index (χ1n) is 9.36. The number of halogens is 1. The molecule has 0 saturated heterocycles. The molecule has 9 heteroatoms. The van der Waals surface area contributed by atoms with Gasteiger partial charge in [-0.15, -0.1) is 12.4 Å². The highest BCUT2D eigenvalue weighted by Crippen LogP contribution is 2.08. The summed E-state index contributed by atoms with van der Waals surface area (Å²) in [6.45, 7) is 6.46. The van der Waals surface area contributed by atoms with Gasteiger partial charge >= 0.3 is 6.09 Å². The maximum absolute atomic E-state index is 11.5. The normalized spacial score (nSPS) is 10.8. The minimum atomic E-state index is -0.481. The molecule has 3 N–H and O–H groups in total. The van der Waals surface area contributed by atoms with Crippen LogP contribution in [0.2, 0.25) is 0 Å². The lowest BCUT2D eigenvalue weighted by Crippen LogP contribution is -2.32. The van der Waals surface area contributed by atoms with Gasteiger partial charge < -0.3 is 24.6 Å². The largest absolute Gasteiger partial charge is 0.444 e. The topological polar surface area (TPSA) is 98.9 Å². The molecular formula is C21H27ClN6O2. The van der Waals surface area contributed by atoms with Crippen LogP contribution in [0.3, 0.4) is 0 Å². The molecule has 0 radical (unpaired) electrons. The Labute approximate surface area is 181 Å². The van der Waals surface area contributed by atoms with E-state index in [0.717, 1.165) is 22.7 Å². The van der Waals surface area contributed by atoms with E-state index < -0.39 is 11.7 Å². The predicted molar refractivity (Wildman–Crippen MR) is 119 cm³/mol. The predicted octanol–water partition coefficient (Wildman–Crippen LogP) is 3.57. The fourth-order valence-corrected chi connectivity index (χ4v) is 2.80. The van der Waals surface area contributed by atoms with Crippen LogP contribution in [0.25, 0.3) is 11.3 Å². The Morgan fingerprint density at radius 1 is 1.00 bits per heavy atom. The SMILES string of the molecule is CC(C)(C)OC(=O)NCc1cccc2nccn12.Cl.NCc1cccc2nccn12. The lowest BCUT2D eigenvalue weighted by Gasteiger charge is -2.19. The summed E-state index contributed by atoms with van der Waals surface area (Å²) in [5.74, 6) is 0. The van der Waals surface area contributed by atoms with Gasteiger partial charge in [0, 0.05) is 42.7 Å². The molecule has 0 aromatic carbocycles. The fourth-order valence-electron chi connectivity index (χ4n) is 2.80. The maximum atomic E-state index is 11.5. The Morgan fingerprint density at radius 3 is 2.07 bits per heavy atom. The van der Waals surface area contributed by atoms with E-state index in [1.807, 2.05) is 78.4 Å². The van der Waals surface area contributed by atoms with Crippen molar-refractivity contribution in [3.63, 3.8) is 0 Å². The van der Waals surface area contributed by atoms with Gasteiger partial charge in [0.15, 0.2) is 0 Å². The lowest BCUT2D eigenvalue weighted by molar-refractivity contribution is 0.0522. The van der Waals surface area contributed by atoms with Gasteiger partial charge in [-0.2, -0.15) is 0 Å². The number of ether oxygens (including phenoxy) is 1. The smallest absolute Gasteiger partial charge is 0.407 e. The third-order valence-corrected chi connectivity index (χ3v) is 4.05. The van der Waals surface area contributed by atoms with E-state index in [4.69, 9.17) is 10.5 Å². The molecule has 0 aliphatic rings. The number of nitrogens with zero attached hydrogens (tertiary/aromatic N) is 4. The van der Waals surface area contributed by atoms with Crippen LogP contribution in [0.15, 0.2) is 61.2 Å². The van der Waals surface area contributed by atoms with Gasteiger partial charge in [0.1, 0.15) is 16.9 Å². The van der Waals surface area contributed by atoms with Gasteiger partial charge in [-0.3, -0.25) is 0 Å². The Kier molecular flexibility index (Phi) is 7.79. The average Bonchev–Trinajstić information content (AvgIpc) is 3.34. The number of nitrogens with one attached hydrogen (secondary N) is 1. The minimum Gasteiger partial charge on any atom is -0.444 e. The van der Waals surface area contributed by atoms with E-state index >= 15 is 0 Å². The first-order chi connectivity index (χ1) is 13.9. The minimum absolute atomic E-state index is 0.